The van der Waals surface area contributed by atoms with Crippen molar-refractivity contribution in [3.8, 4) is 0 Å². The molecule has 106 valence electrons. The molecular formula is C14H18Br3NO. The monoisotopic (exact) mass is 453 g/mol. The molecule has 1 aromatic carbocycles. The van der Waals surface area contributed by atoms with Crippen LogP contribution < -0.4 is 5.32 Å². The minimum atomic E-state index is -0.185. The maximum atomic E-state index is 6.12. The summed E-state index contributed by atoms with van der Waals surface area (Å²) in [6.45, 7) is 8.56. The minimum Gasteiger partial charge on any atom is -0.377 e. The van der Waals surface area contributed by atoms with Crippen molar-refractivity contribution in [2.24, 2.45) is 0 Å². The van der Waals surface area contributed by atoms with Gasteiger partial charge in [-0.2, -0.15) is 0 Å². The second-order valence-electron chi connectivity index (χ2n) is 6.11. The van der Waals surface area contributed by atoms with Gasteiger partial charge in [-0.3, -0.25) is 0 Å². The lowest BCUT2D eigenvalue weighted by molar-refractivity contribution is -0.0662. The van der Waals surface area contributed by atoms with E-state index in [-0.39, 0.29) is 17.2 Å². The third-order valence-corrected chi connectivity index (χ3v) is 5.11. The zero-order valence-corrected chi connectivity index (χ0v) is 16.2. The minimum absolute atomic E-state index is 0.0878. The van der Waals surface area contributed by atoms with Crippen molar-refractivity contribution < 1.29 is 4.74 Å². The molecule has 19 heavy (non-hydrogen) atoms. The van der Waals surface area contributed by atoms with Crippen LogP contribution in [-0.2, 0) is 4.74 Å². The van der Waals surface area contributed by atoms with Gasteiger partial charge in [-0.05, 0) is 78.1 Å². The predicted octanol–water partition coefficient (Wildman–Crippen LogP) is 5.73. The Hall–Kier alpha value is 0.420. The second-order valence-corrected chi connectivity index (χ2v) is 8.74. The van der Waals surface area contributed by atoms with E-state index in [1.165, 1.54) is 0 Å². The lowest BCUT2D eigenvalue weighted by Crippen LogP contribution is -2.38. The Bertz CT molecular complexity index is 476. The number of benzene rings is 1. The summed E-state index contributed by atoms with van der Waals surface area (Å²) < 4.78 is 9.24. The maximum Gasteiger partial charge on any atom is 0.0834 e. The van der Waals surface area contributed by atoms with Gasteiger partial charge in [0.1, 0.15) is 0 Å². The van der Waals surface area contributed by atoms with E-state index in [9.17, 15) is 0 Å². The fourth-order valence-electron chi connectivity index (χ4n) is 2.64. The number of hydrogen-bond donors (Lipinski definition) is 1. The first kappa shape index (κ1) is 15.8. The van der Waals surface area contributed by atoms with Crippen LogP contribution in [0.5, 0.6) is 0 Å². The Labute approximate surface area is 140 Å². The van der Waals surface area contributed by atoms with Gasteiger partial charge in [0, 0.05) is 13.4 Å². The first-order valence-electron chi connectivity index (χ1n) is 6.22. The highest BCUT2D eigenvalue weighted by molar-refractivity contribution is 9.11. The van der Waals surface area contributed by atoms with Crippen LogP contribution in [0.4, 0.5) is 5.69 Å². The first-order chi connectivity index (χ1) is 8.61. The molecule has 0 bridgehead atoms. The zero-order valence-electron chi connectivity index (χ0n) is 11.5. The van der Waals surface area contributed by atoms with Gasteiger partial charge in [0.25, 0.3) is 0 Å². The Kier molecular flexibility index (Phi) is 4.42. The van der Waals surface area contributed by atoms with E-state index in [2.05, 4.69) is 80.8 Å². The summed E-state index contributed by atoms with van der Waals surface area (Å²) in [6, 6.07) is 4.36. The second kappa shape index (κ2) is 5.32. The molecule has 0 radical (unpaired) electrons. The van der Waals surface area contributed by atoms with Crippen LogP contribution in [0.15, 0.2) is 25.6 Å². The zero-order chi connectivity index (χ0) is 14.4. The van der Waals surface area contributed by atoms with E-state index < -0.39 is 0 Å². The summed E-state index contributed by atoms with van der Waals surface area (Å²) in [4.78, 5) is 0. The Morgan fingerprint density at radius 2 is 1.63 bits per heavy atom. The van der Waals surface area contributed by atoms with Crippen molar-refractivity contribution >= 4 is 53.5 Å². The van der Waals surface area contributed by atoms with E-state index in [0.29, 0.717) is 0 Å². The molecule has 0 spiro atoms. The Balaban J connectivity index is 2.27. The third kappa shape index (κ3) is 3.55. The van der Waals surface area contributed by atoms with Gasteiger partial charge in [0.2, 0.25) is 0 Å². The molecule has 1 heterocycles. The van der Waals surface area contributed by atoms with Crippen LogP contribution in [0.25, 0.3) is 0 Å². The summed E-state index contributed by atoms with van der Waals surface area (Å²) in [5.41, 5.74) is 0.799. The molecule has 1 fully saturated rings. The molecule has 2 rings (SSSR count). The molecular weight excluding hydrogens is 438 g/mol. The van der Waals surface area contributed by atoms with Gasteiger partial charge in [0.05, 0.1) is 22.9 Å². The lowest BCUT2D eigenvalue weighted by Gasteiger charge is -2.29. The summed E-state index contributed by atoms with van der Waals surface area (Å²) in [5, 5.41) is 3.61. The highest BCUT2D eigenvalue weighted by Gasteiger charge is 2.46. The average molecular weight is 456 g/mol. The van der Waals surface area contributed by atoms with Gasteiger partial charge in [0.15, 0.2) is 0 Å². The van der Waals surface area contributed by atoms with Crippen molar-refractivity contribution in [1.82, 2.24) is 0 Å². The first-order valence-corrected chi connectivity index (χ1v) is 8.60. The molecule has 5 heteroatoms. The molecule has 0 aromatic heterocycles. The maximum absolute atomic E-state index is 6.12. The van der Waals surface area contributed by atoms with Crippen LogP contribution in [0.1, 0.15) is 34.1 Å². The van der Waals surface area contributed by atoms with Crippen LogP contribution in [-0.4, -0.2) is 17.2 Å². The smallest absolute Gasteiger partial charge is 0.0834 e. The molecule has 1 aliphatic rings. The third-order valence-electron chi connectivity index (χ3n) is 3.40. The molecule has 1 saturated heterocycles. The van der Waals surface area contributed by atoms with Gasteiger partial charge in [-0.25, -0.2) is 0 Å². The number of nitrogens with one attached hydrogen (secondary N) is 1. The molecule has 1 unspecified atom stereocenters. The van der Waals surface area contributed by atoms with Crippen LogP contribution in [0.2, 0.25) is 0 Å². The van der Waals surface area contributed by atoms with Gasteiger partial charge >= 0.3 is 0 Å². The predicted molar refractivity (Wildman–Crippen MR) is 90.8 cm³/mol. The normalized spacial score (nSPS) is 24.5. The van der Waals surface area contributed by atoms with E-state index in [4.69, 9.17) is 4.74 Å². The van der Waals surface area contributed by atoms with Crippen LogP contribution in [0.3, 0.4) is 0 Å². The molecule has 2 nitrogen and oxygen atoms in total. The van der Waals surface area contributed by atoms with E-state index in [1.54, 1.807) is 0 Å². The fraction of sp³-hybridized carbons (Fsp3) is 0.571. The van der Waals surface area contributed by atoms with Crippen LogP contribution >= 0.6 is 47.8 Å². The van der Waals surface area contributed by atoms with Crippen LogP contribution in [0, 0.1) is 0 Å². The molecule has 0 amide bonds. The average Bonchev–Trinajstić information content (AvgIpc) is 2.39. The van der Waals surface area contributed by atoms with Gasteiger partial charge < -0.3 is 10.1 Å². The van der Waals surface area contributed by atoms with Crippen molar-refractivity contribution in [3.05, 3.63) is 25.6 Å². The summed E-state index contributed by atoms with van der Waals surface area (Å²) in [5.74, 6) is 0. The highest BCUT2D eigenvalue weighted by atomic mass is 79.9. The number of ether oxygens (including phenoxy) is 1. The van der Waals surface area contributed by atoms with Crippen molar-refractivity contribution in [1.29, 1.82) is 0 Å². The van der Waals surface area contributed by atoms with Crippen molar-refractivity contribution in [3.63, 3.8) is 0 Å². The van der Waals surface area contributed by atoms with Gasteiger partial charge in [-0.1, -0.05) is 15.9 Å². The molecule has 1 N–H and O–H groups in total. The standard InChI is InChI=1S/C14H18Br3NO/c1-13(2)7-11(14(3,4)19-13)18-12-9(16)5-8(15)6-10(12)17/h5-6,11,18H,7H2,1-4H3. The number of hydrogen-bond acceptors (Lipinski definition) is 2. The molecule has 1 atom stereocenters. The van der Waals surface area contributed by atoms with E-state index in [0.717, 1.165) is 25.5 Å². The Morgan fingerprint density at radius 1 is 1.11 bits per heavy atom. The summed E-state index contributed by atoms with van der Waals surface area (Å²) in [7, 11) is 0. The topological polar surface area (TPSA) is 21.3 Å². The molecule has 1 aliphatic heterocycles. The number of rotatable bonds is 2. The number of halogens is 3. The fourth-order valence-corrected chi connectivity index (χ4v) is 5.13. The SMILES string of the molecule is CC1(C)CC(Nc2c(Br)cc(Br)cc2Br)C(C)(C)O1. The lowest BCUT2D eigenvalue weighted by atomic mass is 9.94. The van der Waals surface area contributed by atoms with Gasteiger partial charge in [-0.15, -0.1) is 0 Å². The van der Waals surface area contributed by atoms with E-state index >= 15 is 0 Å². The molecule has 1 aromatic rings. The summed E-state index contributed by atoms with van der Waals surface area (Å²) >= 11 is 10.7. The van der Waals surface area contributed by atoms with Crippen molar-refractivity contribution in [2.45, 2.75) is 51.4 Å². The number of anilines is 1. The highest BCUT2D eigenvalue weighted by Crippen LogP contribution is 2.42. The quantitative estimate of drug-likeness (QED) is 0.614. The summed E-state index contributed by atoms with van der Waals surface area (Å²) in [6.07, 6.45) is 0.981. The van der Waals surface area contributed by atoms with Crippen molar-refractivity contribution in [2.75, 3.05) is 5.32 Å². The molecule has 0 saturated carbocycles. The Morgan fingerprint density at radius 3 is 2.05 bits per heavy atom. The largest absolute Gasteiger partial charge is 0.377 e. The molecule has 0 aliphatic carbocycles. The van der Waals surface area contributed by atoms with E-state index in [1.807, 2.05) is 12.1 Å².